The van der Waals surface area contributed by atoms with Crippen LogP contribution in [-0.2, 0) is 4.79 Å². The fourth-order valence-corrected chi connectivity index (χ4v) is 4.44. The molecule has 2 heterocycles. The molecule has 1 aliphatic rings. The quantitative estimate of drug-likeness (QED) is 0.568. The van der Waals surface area contributed by atoms with Crippen molar-refractivity contribution in [3.63, 3.8) is 0 Å². The van der Waals surface area contributed by atoms with E-state index in [4.69, 9.17) is 4.74 Å². The number of carbonyl (C=O) groups is 1. The number of rotatable bonds is 6. The summed E-state index contributed by atoms with van der Waals surface area (Å²) >= 11 is 1.42. The number of amides is 1. The van der Waals surface area contributed by atoms with E-state index in [1.54, 1.807) is 7.11 Å². The zero-order valence-corrected chi connectivity index (χ0v) is 18.0. The van der Waals surface area contributed by atoms with E-state index in [1.165, 1.54) is 17.4 Å². The summed E-state index contributed by atoms with van der Waals surface area (Å²) in [6, 6.07) is 18.1. The number of ether oxygens (including phenoxy) is 1. The minimum Gasteiger partial charge on any atom is -0.497 e. The number of anilines is 1. The van der Waals surface area contributed by atoms with E-state index in [1.807, 2.05) is 58.9 Å². The number of benzene rings is 2. The highest BCUT2D eigenvalue weighted by atomic mass is 32.2. The molecule has 30 heavy (non-hydrogen) atoms. The molecule has 1 amide bonds. The van der Waals surface area contributed by atoms with Crippen molar-refractivity contribution >= 4 is 23.4 Å². The number of carbonyl (C=O) groups excluding carboxylic acids is 1. The molecule has 0 spiro atoms. The predicted molar refractivity (Wildman–Crippen MR) is 119 cm³/mol. The zero-order valence-electron chi connectivity index (χ0n) is 17.2. The lowest BCUT2D eigenvalue weighted by Crippen LogP contribution is -2.49. The second-order valence-electron chi connectivity index (χ2n) is 7.06. The highest BCUT2D eigenvalue weighted by molar-refractivity contribution is 7.99. The molecule has 1 saturated heterocycles. The second-order valence-corrected chi connectivity index (χ2v) is 8.00. The van der Waals surface area contributed by atoms with E-state index in [9.17, 15) is 4.79 Å². The maximum atomic E-state index is 12.8. The van der Waals surface area contributed by atoms with Gasteiger partial charge in [-0.15, -0.1) is 10.2 Å². The van der Waals surface area contributed by atoms with Gasteiger partial charge in [0, 0.05) is 37.6 Å². The van der Waals surface area contributed by atoms with Crippen LogP contribution >= 0.6 is 11.8 Å². The molecule has 156 valence electrons. The van der Waals surface area contributed by atoms with Crippen LogP contribution in [0.1, 0.15) is 5.82 Å². The monoisotopic (exact) mass is 423 g/mol. The summed E-state index contributed by atoms with van der Waals surface area (Å²) in [7, 11) is 1.64. The number of thioether (sulfide) groups is 1. The molecular weight excluding hydrogens is 398 g/mol. The molecule has 2 aromatic carbocycles. The van der Waals surface area contributed by atoms with E-state index >= 15 is 0 Å². The third-order valence-electron chi connectivity index (χ3n) is 5.20. The summed E-state index contributed by atoms with van der Waals surface area (Å²) in [6.07, 6.45) is 0. The summed E-state index contributed by atoms with van der Waals surface area (Å²) < 4.78 is 7.19. The third kappa shape index (κ3) is 4.43. The molecule has 0 unspecified atom stereocenters. The average molecular weight is 424 g/mol. The number of hydrogen-bond acceptors (Lipinski definition) is 6. The van der Waals surface area contributed by atoms with Gasteiger partial charge in [0.1, 0.15) is 11.6 Å². The molecule has 0 atom stereocenters. The van der Waals surface area contributed by atoms with Gasteiger partial charge in [0.05, 0.1) is 12.9 Å². The van der Waals surface area contributed by atoms with Gasteiger partial charge in [-0.3, -0.25) is 9.36 Å². The van der Waals surface area contributed by atoms with Gasteiger partial charge in [-0.2, -0.15) is 0 Å². The molecule has 0 bridgehead atoms. The molecule has 1 aromatic heterocycles. The Kier molecular flexibility index (Phi) is 6.23. The van der Waals surface area contributed by atoms with Crippen LogP contribution in [0, 0.1) is 6.92 Å². The Bertz CT molecular complexity index is 983. The molecule has 0 saturated carbocycles. The van der Waals surface area contributed by atoms with Crippen LogP contribution in [-0.4, -0.2) is 64.6 Å². The van der Waals surface area contributed by atoms with Crippen molar-refractivity contribution in [2.24, 2.45) is 0 Å². The Morgan fingerprint density at radius 2 is 1.67 bits per heavy atom. The van der Waals surface area contributed by atoms with Gasteiger partial charge in [-0.1, -0.05) is 30.0 Å². The predicted octanol–water partition coefficient (Wildman–Crippen LogP) is 3.03. The van der Waals surface area contributed by atoms with E-state index in [-0.39, 0.29) is 5.91 Å². The lowest BCUT2D eigenvalue weighted by Gasteiger charge is -2.36. The first-order valence-corrected chi connectivity index (χ1v) is 10.9. The van der Waals surface area contributed by atoms with Crippen LogP contribution in [0.2, 0.25) is 0 Å². The Hall–Kier alpha value is -3.00. The maximum absolute atomic E-state index is 12.8. The smallest absolute Gasteiger partial charge is 0.233 e. The maximum Gasteiger partial charge on any atom is 0.233 e. The second kappa shape index (κ2) is 9.21. The molecule has 1 aliphatic heterocycles. The van der Waals surface area contributed by atoms with Gasteiger partial charge in [-0.25, -0.2) is 0 Å². The molecule has 0 N–H and O–H groups in total. The van der Waals surface area contributed by atoms with Crippen molar-refractivity contribution in [1.29, 1.82) is 0 Å². The van der Waals surface area contributed by atoms with Gasteiger partial charge in [0.2, 0.25) is 5.91 Å². The molecule has 1 fully saturated rings. The van der Waals surface area contributed by atoms with Gasteiger partial charge in [-0.05, 0) is 43.3 Å². The average Bonchev–Trinajstić information content (AvgIpc) is 3.18. The fourth-order valence-electron chi connectivity index (χ4n) is 3.54. The van der Waals surface area contributed by atoms with Crippen LogP contribution in [0.4, 0.5) is 5.69 Å². The third-order valence-corrected chi connectivity index (χ3v) is 6.12. The summed E-state index contributed by atoms with van der Waals surface area (Å²) in [5.41, 5.74) is 2.16. The van der Waals surface area contributed by atoms with Crippen molar-refractivity contribution in [2.75, 3.05) is 43.9 Å². The first kappa shape index (κ1) is 20.3. The first-order valence-electron chi connectivity index (χ1n) is 9.93. The number of hydrogen-bond donors (Lipinski definition) is 0. The lowest BCUT2D eigenvalue weighted by molar-refractivity contribution is -0.128. The highest BCUT2D eigenvalue weighted by Gasteiger charge is 2.22. The van der Waals surface area contributed by atoms with Crippen molar-refractivity contribution < 1.29 is 9.53 Å². The lowest BCUT2D eigenvalue weighted by atomic mass is 10.2. The minimum absolute atomic E-state index is 0.134. The summed E-state index contributed by atoms with van der Waals surface area (Å²) in [5.74, 6) is 2.06. The summed E-state index contributed by atoms with van der Waals surface area (Å²) in [6.45, 7) is 5.08. The van der Waals surface area contributed by atoms with Crippen molar-refractivity contribution in [2.45, 2.75) is 12.1 Å². The summed E-state index contributed by atoms with van der Waals surface area (Å²) in [5, 5.41) is 9.18. The van der Waals surface area contributed by atoms with Crippen LogP contribution in [0.25, 0.3) is 5.69 Å². The Balaban J connectivity index is 1.36. The largest absolute Gasteiger partial charge is 0.497 e. The molecule has 0 aliphatic carbocycles. The van der Waals surface area contributed by atoms with E-state index in [2.05, 4.69) is 27.2 Å². The van der Waals surface area contributed by atoms with Crippen LogP contribution < -0.4 is 9.64 Å². The molecule has 3 aromatic rings. The molecule has 7 nitrogen and oxygen atoms in total. The first-order chi connectivity index (χ1) is 14.7. The number of methoxy groups -OCH3 is 1. The molecule has 8 heteroatoms. The van der Waals surface area contributed by atoms with Crippen LogP contribution in [0.5, 0.6) is 5.75 Å². The van der Waals surface area contributed by atoms with Gasteiger partial charge >= 0.3 is 0 Å². The Labute approximate surface area is 180 Å². The zero-order chi connectivity index (χ0) is 20.9. The van der Waals surface area contributed by atoms with Crippen LogP contribution in [0.3, 0.4) is 0 Å². The molecule has 0 radical (unpaired) electrons. The minimum atomic E-state index is 0.134. The summed E-state index contributed by atoms with van der Waals surface area (Å²) in [4.78, 5) is 17.0. The standard InChI is InChI=1S/C22H25N5O2S/c1-17-23-24-22(27(17)19-8-10-20(29-2)11-9-19)30-16-21(28)26-14-12-25(13-15-26)18-6-4-3-5-7-18/h3-11H,12-16H2,1-2H3. The molecule has 4 rings (SSSR count). The van der Waals surface area contributed by atoms with E-state index in [0.717, 1.165) is 43.4 Å². The van der Waals surface area contributed by atoms with Crippen LogP contribution in [0.15, 0.2) is 59.8 Å². The SMILES string of the molecule is COc1ccc(-n2c(C)nnc2SCC(=O)N2CCN(c3ccccc3)CC2)cc1. The van der Waals surface area contributed by atoms with Crippen molar-refractivity contribution in [3.05, 3.63) is 60.4 Å². The number of nitrogens with zero attached hydrogens (tertiary/aromatic N) is 5. The van der Waals surface area contributed by atoms with Crippen molar-refractivity contribution in [1.82, 2.24) is 19.7 Å². The van der Waals surface area contributed by atoms with Gasteiger partial charge in [0.25, 0.3) is 0 Å². The van der Waals surface area contributed by atoms with Crippen molar-refractivity contribution in [3.8, 4) is 11.4 Å². The van der Waals surface area contributed by atoms with Gasteiger partial charge in [0.15, 0.2) is 5.16 Å². The number of para-hydroxylation sites is 1. The molecular formula is C22H25N5O2S. The Morgan fingerprint density at radius 3 is 2.33 bits per heavy atom. The normalized spacial score (nSPS) is 14.1. The Morgan fingerprint density at radius 1 is 0.967 bits per heavy atom. The number of aryl methyl sites for hydroxylation is 1. The van der Waals surface area contributed by atoms with Gasteiger partial charge < -0.3 is 14.5 Å². The fraction of sp³-hybridized carbons (Fsp3) is 0.318. The number of aromatic nitrogens is 3. The van der Waals surface area contributed by atoms with E-state index in [0.29, 0.717) is 10.9 Å². The number of piperazine rings is 1. The van der Waals surface area contributed by atoms with E-state index < -0.39 is 0 Å². The topological polar surface area (TPSA) is 63.5 Å². The highest BCUT2D eigenvalue weighted by Crippen LogP contribution is 2.24.